The second kappa shape index (κ2) is 9.01. The zero-order chi connectivity index (χ0) is 21.6. The lowest BCUT2D eigenvalue weighted by Crippen LogP contribution is -2.13. The van der Waals surface area contributed by atoms with E-state index in [0.29, 0.717) is 22.9 Å². The van der Waals surface area contributed by atoms with Crippen LogP contribution in [0.2, 0.25) is 0 Å². The van der Waals surface area contributed by atoms with Crippen LogP contribution in [-0.4, -0.2) is 30.6 Å². The molecule has 0 aliphatic carbocycles. The monoisotopic (exact) mass is 408 g/mol. The molecule has 0 radical (unpaired) electrons. The Labute approximate surface area is 180 Å². The topological polar surface area (TPSA) is 85.6 Å². The number of hydrogen-bond acceptors (Lipinski definition) is 5. The fourth-order valence-corrected chi connectivity index (χ4v) is 2.94. The van der Waals surface area contributed by atoms with Crippen LogP contribution in [0, 0.1) is 11.8 Å². The van der Waals surface area contributed by atoms with E-state index in [2.05, 4.69) is 37.3 Å². The number of amides is 1. The molecule has 1 N–H and O–H groups in total. The summed E-state index contributed by atoms with van der Waals surface area (Å²) in [5, 5.41) is 11.0. The van der Waals surface area contributed by atoms with Crippen molar-refractivity contribution in [1.29, 1.82) is 0 Å². The predicted molar refractivity (Wildman–Crippen MR) is 118 cm³/mol. The number of nitrogens with one attached hydrogen (secondary N) is 1. The van der Waals surface area contributed by atoms with Crippen LogP contribution in [0.25, 0.3) is 11.5 Å². The molecule has 7 heteroatoms. The van der Waals surface area contributed by atoms with E-state index in [4.69, 9.17) is 0 Å². The highest BCUT2D eigenvalue weighted by Gasteiger charge is 2.13. The zero-order valence-electron chi connectivity index (χ0n) is 17.1. The third-order valence-electron chi connectivity index (χ3n) is 4.49. The molecular formula is C24H20N6O. The van der Waals surface area contributed by atoms with Gasteiger partial charge in [-0.25, -0.2) is 4.98 Å². The summed E-state index contributed by atoms with van der Waals surface area (Å²) in [7, 11) is 0. The predicted octanol–water partition coefficient (Wildman–Crippen LogP) is 3.97. The van der Waals surface area contributed by atoms with Gasteiger partial charge in [0.15, 0.2) is 5.82 Å². The van der Waals surface area contributed by atoms with Gasteiger partial charge in [0.2, 0.25) is 0 Å². The summed E-state index contributed by atoms with van der Waals surface area (Å²) in [6, 6.07) is 16.5. The van der Waals surface area contributed by atoms with Gasteiger partial charge in [-0.05, 0) is 56.3 Å². The maximum atomic E-state index is 12.8. The van der Waals surface area contributed by atoms with Gasteiger partial charge in [-0.2, -0.15) is 0 Å². The molecule has 0 bridgehead atoms. The van der Waals surface area contributed by atoms with E-state index in [1.807, 2.05) is 48.7 Å². The molecule has 1 aromatic carbocycles. The summed E-state index contributed by atoms with van der Waals surface area (Å²) < 4.78 is 1.93. The quantitative estimate of drug-likeness (QED) is 0.517. The van der Waals surface area contributed by atoms with Crippen LogP contribution in [0.5, 0.6) is 0 Å². The van der Waals surface area contributed by atoms with Crippen LogP contribution in [0.3, 0.4) is 0 Å². The highest BCUT2D eigenvalue weighted by Crippen LogP contribution is 2.20. The van der Waals surface area contributed by atoms with E-state index < -0.39 is 0 Å². The molecular weight excluding hydrogens is 388 g/mol. The van der Waals surface area contributed by atoms with Gasteiger partial charge in [0, 0.05) is 35.1 Å². The zero-order valence-corrected chi connectivity index (χ0v) is 17.1. The molecule has 0 unspecified atom stereocenters. The summed E-state index contributed by atoms with van der Waals surface area (Å²) in [6.45, 7) is 4.09. The SMILES string of the molecule is CC(C)n1cnnc1-c1cccc(NC(=O)c2cccc(C#Cc3cccnc3)c2)n1. The standard InChI is InChI=1S/C24H20N6O/c1-17(2)30-16-26-29-23(30)21-9-4-10-22(27-21)28-24(31)20-8-3-6-18(14-20)11-12-19-7-5-13-25-15-19/h3-10,13-17H,1-2H3,(H,27,28,31). The lowest BCUT2D eigenvalue weighted by Gasteiger charge is -2.10. The average molecular weight is 408 g/mol. The highest BCUT2D eigenvalue weighted by atomic mass is 16.1. The molecule has 0 saturated carbocycles. The van der Waals surface area contributed by atoms with Crippen molar-refractivity contribution in [1.82, 2.24) is 24.7 Å². The molecule has 3 aromatic heterocycles. The van der Waals surface area contributed by atoms with E-state index in [1.165, 1.54) is 0 Å². The Morgan fingerprint density at radius 1 is 1.03 bits per heavy atom. The van der Waals surface area contributed by atoms with Gasteiger partial charge in [-0.3, -0.25) is 9.78 Å². The molecule has 4 rings (SSSR count). The number of anilines is 1. The Morgan fingerprint density at radius 3 is 2.65 bits per heavy atom. The largest absolute Gasteiger partial charge is 0.310 e. The number of benzene rings is 1. The van der Waals surface area contributed by atoms with E-state index >= 15 is 0 Å². The van der Waals surface area contributed by atoms with E-state index in [9.17, 15) is 4.79 Å². The third-order valence-corrected chi connectivity index (χ3v) is 4.49. The Kier molecular flexibility index (Phi) is 5.81. The van der Waals surface area contributed by atoms with Crippen molar-refractivity contribution in [2.45, 2.75) is 19.9 Å². The first-order valence-electron chi connectivity index (χ1n) is 9.80. The van der Waals surface area contributed by atoms with Gasteiger partial charge in [-0.15, -0.1) is 10.2 Å². The molecule has 0 saturated heterocycles. The molecule has 0 spiro atoms. The van der Waals surface area contributed by atoms with Gasteiger partial charge in [0.1, 0.15) is 17.8 Å². The second-order valence-electron chi connectivity index (χ2n) is 7.09. The molecule has 1 amide bonds. The summed E-state index contributed by atoms with van der Waals surface area (Å²) in [4.78, 5) is 21.3. The average Bonchev–Trinajstić information content (AvgIpc) is 3.29. The maximum Gasteiger partial charge on any atom is 0.256 e. The highest BCUT2D eigenvalue weighted by molar-refractivity contribution is 6.04. The third kappa shape index (κ3) is 4.82. The summed E-state index contributed by atoms with van der Waals surface area (Å²) >= 11 is 0. The van der Waals surface area contributed by atoms with Crippen molar-refractivity contribution in [2.75, 3.05) is 5.32 Å². The lowest BCUT2D eigenvalue weighted by atomic mass is 10.1. The Balaban J connectivity index is 1.53. The van der Waals surface area contributed by atoms with Crippen molar-refractivity contribution in [3.63, 3.8) is 0 Å². The van der Waals surface area contributed by atoms with Gasteiger partial charge in [0.05, 0.1) is 0 Å². The van der Waals surface area contributed by atoms with Crippen LogP contribution < -0.4 is 5.32 Å². The Morgan fingerprint density at radius 2 is 1.84 bits per heavy atom. The number of carbonyl (C=O) groups is 1. The summed E-state index contributed by atoms with van der Waals surface area (Å²) in [5.74, 6) is 6.93. The first kappa shape index (κ1) is 20.0. The number of carbonyl (C=O) groups excluding carboxylic acids is 1. The van der Waals surface area contributed by atoms with Gasteiger partial charge in [-0.1, -0.05) is 24.0 Å². The minimum absolute atomic E-state index is 0.195. The number of pyridine rings is 2. The lowest BCUT2D eigenvalue weighted by molar-refractivity contribution is 0.102. The van der Waals surface area contributed by atoms with Crippen molar-refractivity contribution >= 4 is 11.7 Å². The molecule has 0 aliphatic heterocycles. The van der Waals surface area contributed by atoms with Crippen molar-refractivity contribution in [3.05, 3.63) is 90.0 Å². The van der Waals surface area contributed by atoms with Crippen molar-refractivity contribution < 1.29 is 4.79 Å². The summed E-state index contributed by atoms with van der Waals surface area (Å²) in [5.41, 5.74) is 2.69. The normalized spacial score (nSPS) is 10.4. The first-order valence-corrected chi connectivity index (χ1v) is 9.80. The van der Waals surface area contributed by atoms with Crippen molar-refractivity contribution in [2.24, 2.45) is 0 Å². The first-order chi connectivity index (χ1) is 15.1. The van der Waals surface area contributed by atoms with E-state index in [0.717, 1.165) is 11.1 Å². The molecule has 152 valence electrons. The minimum Gasteiger partial charge on any atom is -0.310 e. The van der Waals surface area contributed by atoms with Crippen LogP contribution in [0.4, 0.5) is 5.82 Å². The molecule has 0 fully saturated rings. The Bertz CT molecular complexity index is 1270. The fourth-order valence-electron chi connectivity index (χ4n) is 2.94. The van der Waals surface area contributed by atoms with E-state index in [-0.39, 0.29) is 11.9 Å². The van der Waals surface area contributed by atoms with Crippen LogP contribution in [-0.2, 0) is 0 Å². The molecule has 3 heterocycles. The molecule has 7 nitrogen and oxygen atoms in total. The van der Waals surface area contributed by atoms with Gasteiger partial charge < -0.3 is 9.88 Å². The van der Waals surface area contributed by atoms with Crippen LogP contribution in [0.15, 0.2) is 73.3 Å². The minimum atomic E-state index is -0.264. The number of rotatable bonds is 4. The van der Waals surface area contributed by atoms with Gasteiger partial charge in [0.25, 0.3) is 5.91 Å². The Hall–Kier alpha value is -4.31. The van der Waals surface area contributed by atoms with Crippen LogP contribution >= 0.6 is 0 Å². The molecule has 4 aromatic rings. The fraction of sp³-hybridized carbons (Fsp3) is 0.125. The number of aromatic nitrogens is 5. The smallest absolute Gasteiger partial charge is 0.256 e. The van der Waals surface area contributed by atoms with E-state index in [1.54, 1.807) is 43.0 Å². The van der Waals surface area contributed by atoms with Crippen molar-refractivity contribution in [3.8, 4) is 23.4 Å². The molecule has 31 heavy (non-hydrogen) atoms. The van der Waals surface area contributed by atoms with Crippen LogP contribution in [0.1, 0.15) is 41.4 Å². The number of nitrogens with zero attached hydrogens (tertiary/aromatic N) is 5. The number of hydrogen-bond donors (Lipinski definition) is 1. The molecule has 0 aliphatic rings. The maximum absolute atomic E-state index is 12.8. The van der Waals surface area contributed by atoms with Gasteiger partial charge >= 0.3 is 0 Å². The second-order valence-corrected chi connectivity index (χ2v) is 7.09. The molecule has 0 atom stereocenters. The summed E-state index contributed by atoms with van der Waals surface area (Å²) in [6.07, 6.45) is 5.07.